The number of ketones is 1. The predicted octanol–water partition coefficient (Wildman–Crippen LogP) is 4.96. The molecule has 1 aliphatic heterocycles. The Balaban J connectivity index is 1.33. The van der Waals surface area contributed by atoms with E-state index in [4.69, 9.17) is 0 Å². The lowest BCUT2D eigenvalue weighted by Crippen LogP contribution is -2.46. The fourth-order valence-corrected chi connectivity index (χ4v) is 5.63. The Morgan fingerprint density at radius 1 is 1.05 bits per heavy atom. The molecule has 0 radical (unpaired) electrons. The lowest BCUT2D eigenvalue weighted by Gasteiger charge is -2.35. The molecule has 198 valence electrons. The summed E-state index contributed by atoms with van der Waals surface area (Å²) in [6, 6.07) is 8.11. The molecule has 0 saturated carbocycles. The maximum atomic E-state index is 13.0. The summed E-state index contributed by atoms with van der Waals surface area (Å²) < 4.78 is 1.74. The van der Waals surface area contributed by atoms with Crippen molar-refractivity contribution in [1.29, 1.82) is 0 Å². The number of pyridine rings is 2. The van der Waals surface area contributed by atoms with Gasteiger partial charge in [-0.15, -0.1) is 16.4 Å². The van der Waals surface area contributed by atoms with Crippen LogP contribution in [0, 0.1) is 6.92 Å². The molecular weight excluding hydrogens is 494 g/mol. The zero-order valence-electron chi connectivity index (χ0n) is 22.8. The van der Waals surface area contributed by atoms with E-state index in [1.807, 2.05) is 37.6 Å². The monoisotopic (exact) mass is 529 g/mol. The Morgan fingerprint density at radius 3 is 2.55 bits per heavy atom. The van der Waals surface area contributed by atoms with Gasteiger partial charge in [-0.25, -0.2) is 4.68 Å². The number of nitrogens with zero attached hydrogens (tertiary/aromatic N) is 7. The Morgan fingerprint density at radius 2 is 1.84 bits per heavy atom. The molecule has 1 saturated heterocycles. The lowest BCUT2D eigenvalue weighted by molar-refractivity contribution is 0.0996. The second-order valence-electron chi connectivity index (χ2n) is 10.9. The molecule has 1 aliphatic rings. The average molecular weight is 530 g/mol. The van der Waals surface area contributed by atoms with Gasteiger partial charge < -0.3 is 9.80 Å². The van der Waals surface area contributed by atoms with Crippen molar-refractivity contribution in [3.05, 3.63) is 70.1 Å². The van der Waals surface area contributed by atoms with Crippen molar-refractivity contribution in [2.24, 2.45) is 0 Å². The Bertz CT molecular complexity index is 1430. The molecule has 0 N–H and O–H groups in total. The van der Waals surface area contributed by atoms with Gasteiger partial charge in [-0.3, -0.25) is 14.8 Å². The maximum Gasteiger partial charge on any atom is 0.177 e. The van der Waals surface area contributed by atoms with Gasteiger partial charge in [-0.1, -0.05) is 32.9 Å². The van der Waals surface area contributed by atoms with Gasteiger partial charge >= 0.3 is 0 Å². The van der Waals surface area contributed by atoms with E-state index in [0.29, 0.717) is 6.42 Å². The van der Waals surface area contributed by atoms with Crippen molar-refractivity contribution in [3.63, 3.8) is 0 Å². The summed E-state index contributed by atoms with van der Waals surface area (Å²) in [5.74, 6) is 0.101. The number of rotatable bonds is 7. The van der Waals surface area contributed by atoms with Crippen LogP contribution in [0.1, 0.15) is 53.5 Å². The number of piperazine rings is 1. The first-order chi connectivity index (χ1) is 18.2. The van der Waals surface area contributed by atoms with Crippen molar-refractivity contribution in [1.82, 2.24) is 29.9 Å². The fraction of sp³-hybridized carbons (Fsp3) is 0.414. The molecular formula is C29H35N7OS. The highest BCUT2D eigenvalue weighted by Crippen LogP contribution is 2.30. The topological polar surface area (TPSA) is 80.0 Å². The number of hydrogen-bond donors (Lipinski definition) is 0. The highest BCUT2D eigenvalue weighted by atomic mass is 32.1. The highest BCUT2D eigenvalue weighted by Gasteiger charge is 2.20. The van der Waals surface area contributed by atoms with Crippen LogP contribution >= 0.6 is 11.3 Å². The van der Waals surface area contributed by atoms with Crippen LogP contribution in [-0.2, 0) is 11.8 Å². The second-order valence-corrected chi connectivity index (χ2v) is 11.9. The average Bonchev–Trinajstić information content (AvgIpc) is 3.61. The molecule has 4 aromatic heterocycles. The van der Waals surface area contributed by atoms with Crippen LogP contribution in [0.2, 0.25) is 0 Å². The van der Waals surface area contributed by atoms with Crippen molar-refractivity contribution in [3.8, 4) is 16.9 Å². The molecule has 8 nitrogen and oxygen atoms in total. The van der Waals surface area contributed by atoms with Gasteiger partial charge in [0.1, 0.15) is 5.69 Å². The quantitative estimate of drug-likeness (QED) is 0.313. The minimum absolute atomic E-state index is 0.0334. The first kappa shape index (κ1) is 26.2. The third-order valence-corrected chi connectivity index (χ3v) is 8.60. The van der Waals surface area contributed by atoms with Crippen molar-refractivity contribution in [2.75, 3.05) is 37.6 Å². The van der Waals surface area contributed by atoms with Crippen molar-refractivity contribution in [2.45, 2.75) is 46.5 Å². The van der Waals surface area contributed by atoms with E-state index in [-0.39, 0.29) is 11.2 Å². The summed E-state index contributed by atoms with van der Waals surface area (Å²) >= 11 is 1.58. The van der Waals surface area contributed by atoms with E-state index in [9.17, 15) is 4.79 Å². The fourth-order valence-electron chi connectivity index (χ4n) is 4.63. The largest absolute Gasteiger partial charge is 0.368 e. The van der Waals surface area contributed by atoms with Crippen LogP contribution in [0.25, 0.3) is 16.9 Å². The Hall–Kier alpha value is -3.43. The molecule has 0 unspecified atom stereocenters. The zero-order chi connectivity index (χ0) is 26.9. The number of hydrogen-bond acceptors (Lipinski definition) is 8. The highest BCUT2D eigenvalue weighted by molar-refractivity contribution is 7.14. The molecule has 38 heavy (non-hydrogen) atoms. The van der Waals surface area contributed by atoms with Crippen LogP contribution in [0.4, 0.5) is 5.69 Å². The van der Waals surface area contributed by atoms with E-state index in [1.165, 1.54) is 4.88 Å². The van der Waals surface area contributed by atoms with Crippen LogP contribution in [0.5, 0.6) is 0 Å². The molecule has 5 heterocycles. The Labute approximate surface area is 228 Å². The van der Waals surface area contributed by atoms with E-state index in [2.05, 4.69) is 69.9 Å². The van der Waals surface area contributed by atoms with Gasteiger partial charge in [-0.2, -0.15) is 0 Å². The summed E-state index contributed by atoms with van der Waals surface area (Å²) in [6.07, 6.45) is 7.72. The van der Waals surface area contributed by atoms with E-state index in [0.717, 1.165) is 71.5 Å². The molecule has 0 spiro atoms. The summed E-state index contributed by atoms with van der Waals surface area (Å²) in [6.45, 7) is 15.8. The number of thiophene rings is 1. The minimum Gasteiger partial charge on any atom is -0.368 e. The Kier molecular flexibility index (Phi) is 7.40. The second kappa shape index (κ2) is 10.7. The molecule has 9 heteroatoms. The number of carbonyl (C=O) groups excluding carboxylic acids is 1. The van der Waals surface area contributed by atoms with E-state index >= 15 is 0 Å². The van der Waals surface area contributed by atoms with Gasteiger partial charge in [0.2, 0.25) is 0 Å². The number of Topliss-reactive ketones (excluding diaryl/α,β-unsaturated/α-hetero) is 1. The summed E-state index contributed by atoms with van der Waals surface area (Å²) in [7, 11) is 0. The number of aryl methyl sites for hydroxylation is 1. The van der Waals surface area contributed by atoms with Crippen LogP contribution in [-0.4, -0.2) is 68.4 Å². The lowest BCUT2D eigenvalue weighted by atomic mass is 9.95. The minimum atomic E-state index is 0.0334. The van der Waals surface area contributed by atoms with Crippen LogP contribution < -0.4 is 4.90 Å². The van der Waals surface area contributed by atoms with Gasteiger partial charge in [0, 0.05) is 55.4 Å². The number of anilines is 1. The molecule has 1 fully saturated rings. The third kappa shape index (κ3) is 5.68. The normalized spacial score (nSPS) is 14.7. The van der Waals surface area contributed by atoms with Gasteiger partial charge in [-0.05, 0) is 48.7 Å². The molecule has 0 aliphatic carbocycles. The van der Waals surface area contributed by atoms with E-state index in [1.54, 1.807) is 22.2 Å². The first-order valence-corrected chi connectivity index (χ1v) is 14.0. The molecule has 5 rings (SSSR count). The van der Waals surface area contributed by atoms with Gasteiger partial charge in [0.05, 0.1) is 34.3 Å². The summed E-state index contributed by atoms with van der Waals surface area (Å²) in [5, 5.41) is 8.82. The van der Waals surface area contributed by atoms with E-state index < -0.39 is 0 Å². The van der Waals surface area contributed by atoms with Gasteiger partial charge in [0.15, 0.2) is 5.78 Å². The zero-order valence-corrected chi connectivity index (χ0v) is 23.6. The smallest absolute Gasteiger partial charge is 0.177 e. The number of aromatic nitrogens is 5. The summed E-state index contributed by atoms with van der Waals surface area (Å²) in [4.78, 5) is 28.9. The van der Waals surface area contributed by atoms with Crippen molar-refractivity contribution < 1.29 is 4.79 Å². The molecule has 0 aromatic carbocycles. The SMILES string of the molecule is CCN1CCN(c2cncc(-c3cn(-c4cc(CC(=O)c5ccc(C(C)(C)C)s5)cnc4C)nn3)c2)CC1. The molecule has 0 atom stereocenters. The van der Waals surface area contributed by atoms with Crippen LogP contribution in [0.3, 0.4) is 0 Å². The maximum absolute atomic E-state index is 13.0. The van der Waals surface area contributed by atoms with Gasteiger partial charge in [0.25, 0.3) is 0 Å². The first-order valence-electron chi connectivity index (χ1n) is 13.2. The molecule has 0 bridgehead atoms. The third-order valence-electron chi connectivity index (χ3n) is 7.05. The van der Waals surface area contributed by atoms with Crippen molar-refractivity contribution >= 4 is 22.8 Å². The van der Waals surface area contributed by atoms with Crippen LogP contribution in [0.15, 0.2) is 49.1 Å². The summed E-state index contributed by atoms with van der Waals surface area (Å²) in [5.41, 5.74) is 5.31. The number of carbonyl (C=O) groups is 1. The number of likely N-dealkylation sites (N-methyl/N-ethyl adjacent to an activating group) is 1. The predicted molar refractivity (Wildman–Crippen MR) is 153 cm³/mol. The molecule has 4 aromatic rings. The molecule has 0 amide bonds. The standard InChI is InChI=1S/C29H35N7OS/c1-6-34-9-11-35(12-10-34)23-15-22(17-30-18-23)24-19-36(33-32-24)25-13-21(16-31-20(25)2)14-26(37)27-7-8-28(38-27)29(3,4)5/h7-8,13,15-19H,6,9-12,14H2,1-5H3.